The van der Waals surface area contributed by atoms with Gasteiger partial charge in [-0.05, 0) is 31.7 Å². The van der Waals surface area contributed by atoms with Crippen LogP contribution in [0.3, 0.4) is 0 Å². The van der Waals surface area contributed by atoms with Crippen molar-refractivity contribution in [3.05, 3.63) is 48.0 Å². The van der Waals surface area contributed by atoms with Gasteiger partial charge in [0.05, 0.1) is 11.8 Å². The Morgan fingerprint density at radius 2 is 1.72 bits per heavy atom. The Morgan fingerprint density at radius 3 is 2.31 bits per heavy atom. The Kier molecular flexibility index (Phi) is 8.20. The summed E-state index contributed by atoms with van der Waals surface area (Å²) in [5, 5.41) is 2.89. The number of amides is 4. The lowest BCUT2D eigenvalue weighted by molar-refractivity contribution is -0.143. The monoisotopic (exact) mass is 439 g/mol. The molecule has 1 fully saturated rings. The standard InChI is InChI=1S/C25H33N3O4/c1-3-4-15-26-23(30)18(2)28(17-19-10-6-5-7-11-19)22(29)14-16-27-24(31)20-12-8-9-13-21(20)25(27)32/h5-11,18,20-21H,3-4,12-17H2,1-2H3,(H,26,30)/t18-,20-,21+/m0/s1. The lowest BCUT2D eigenvalue weighted by Crippen LogP contribution is -2.48. The molecule has 1 saturated heterocycles. The molecule has 0 spiro atoms. The highest BCUT2D eigenvalue weighted by Crippen LogP contribution is 2.35. The third kappa shape index (κ3) is 5.44. The second-order valence-corrected chi connectivity index (χ2v) is 8.56. The second kappa shape index (κ2) is 11.1. The van der Waals surface area contributed by atoms with E-state index in [9.17, 15) is 19.2 Å². The van der Waals surface area contributed by atoms with Crippen molar-refractivity contribution in [2.75, 3.05) is 13.1 Å². The fraction of sp³-hybridized carbons (Fsp3) is 0.520. The first-order chi connectivity index (χ1) is 15.4. The molecule has 0 saturated carbocycles. The number of carbonyl (C=O) groups is 4. The maximum Gasteiger partial charge on any atom is 0.242 e. The molecule has 1 aliphatic heterocycles. The molecule has 1 aromatic rings. The number of nitrogens with zero attached hydrogens (tertiary/aromatic N) is 2. The minimum atomic E-state index is -0.656. The first-order valence-corrected chi connectivity index (χ1v) is 11.5. The number of hydrogen-bond acceptors (Lipinski definition) is 4. The highest BCUT2D eigenvalue weighted by atomic mass is 16.2. The van der Waals surface area contributed by atoms with E-state index in [0.717, 1.165) is 18.4 Å². The lowest BCUT2D eigenvalue weighted by Gasteiger charge is -2.29. The van der Waals surface area contributed by atoms with E-state index in [1.54, 1.807) is 6.92 Å². The molecule has 4 amide bonds. The van der Waals surface area contributed by atoms with Crippen molar-refractivity contribution in [1.82, 2.24) is 15.1 Å². The molecule has 1 aromatic carbocycles. The maximum atomic E-state index is 13.2. The third-order valence-electron chi connectivity index (χ3n) is 6.34. The quantitative estimate of drug-likeness (QED) is 0.345. The normalized spacial score (nSPS) is 20.8. The van der Waals surface area contributed by atoms with Crippen LogP contribution < -0.4 is 5.32 Å². The average Bonchev–Trinajstić information content (AvgIpc) is 3.06. The summed E-state index contributed by atoms with van der Waals surface area (Å²) in [5.74, 6) is -1.42. The van der Waals surface area contributed by atoms with Crippen LogP contribution in [0.5, 0.6) is 0 Å². The van der Waals surface area contributed by atoms with Gasteiger partial charge in [0.1, 0.15) is 6.04 Å². The molecule has 0 unspecified atom stereocenters. The molecule has 32 heavy (non-hydrogen) atoms. The number of unbranched alkanes of at least 4 members (excludes halogenated alkanes) is 1. The van der Waals surface area contributed by atoms with E-state index < -0.39 is 6.04 Å². The van der Waals surface area contributed by atoms with E-state index >= 15 is 0 Å². The lowest BCUT2D eigenvalue weighted by atomic mass is 9.85. The molecule has 0 bridgehead atoms. The molecule has 7 nitrogen and oxygen atoms in total. The van der Waals surface area contributed by atoms with Gasteiger partial charge < -0.3 is 10.2 Å². The van der Waals surface area contributed by atoms with Gasteiger partial charge >= 0.3 is 0 Å². The van der Waals surface area contributed by atoms with Gasteiger partial charge in [-0.1, -0.05) is 55.8 Å². The molecule has 0 aromatic heterocycles. The topological polar surface area (TPSA) is 86.8 Å². The molecule has 1 aliphatic carbocycles. The summed E-state index contributed by atoms with van der Waals surface area (Å²) in [4.78, 5) is 54.0. The van der Waals surface area contributed by atoms with Crippen molar-refractivity contribution in [1.29, 1.82) is 0 Å². The summed E-state index contributed by atoms with van der Waals surface area (Å²) >= 11 is 0. The molecular weight excluding hydrogens is 406 g/mol. The van der Waals surface area contributed by atoms with Gasteiger partial charge in [-0.3, -0.25) is 24.1 Å². The summed E-state index contributed by atoms with van der Waals surface area (Å²) < 4.78 is 0. The minimum Gasteiger partial charge on any atom is -0.354 e. The van der Waals surface area contributed by atoms with Crippen LogP contribution in [0, 0.1) is 11.8 Å². The van der Waals surface area contributed by atoms with E-state index in [1.807, 2.05) is 49.4 Å². The Bertz CT molecular complexity index is 841. The van der Waals surface area contributed by atoms with Gasteiger partial charge in [-0.2, -0.15) is 0 Å². The van der Waals surface area contributed by atoms with Crippen LogP contribution in [0.1, 0.15) is 51.5 Å². The molecule has 3 atom stereocenters. The zero-order chi connectivity index (χ0) is 23.1. The number of rotatable bonds is 10. The van der Waals surface area contributed by atoms with Crippen molar-refractivity contribution in [2.45, 2.75) is 58.5 Å². The van der Waals surface area contributed by atoms with Gasteiger partial charge in [0, 0.05) is 26.1 Å². The predicted molar refractivity (Wildman–Crippen MR) is 121 cm³/mol. The highest BCUT2D eigenvalue weighted by Gasteiger charge is 2.47. The second-order valence-electron chi connectivity index (χ2n) is 8.56. The minimum absolute atomic E-state index is 0.00373. The van der Waals surface area contributed by atoms with Crippen molar-refractivity contribution in [3.63, 3.8) is 0 Å². The van der Waals surface area contributed by atoms with E-state index in [2.05, 4.69) is 5.32 Å². The van der Waals surface area contributed by atoms with E-state index in [4.69, 9.17) is 0 Å². The molecule has 3 rings (SSSR count). The van der Waals surface area contributed by atoms with E-state index in [1.165, 1.54) is 9.80 Å². The van der Waals surface area contributed by atoms with Crippen LogP contribution >= 0.6 is 0 Å². The Morgan fingerprint density at radius 1 is 1.09 bits per heavy atom. The van der Waals surface area contributed by atoms with Gasteiger partial charge in [-0.25, -0.2) is 0 Å². The van der Waals surface area contributed by atoms with Crippen LogP contribution in [-0.2, 0) is 25.7 Å². The molecular formula is C25H33N3O4. The number of fused-ring (bicyclic) bond motifs is 1. The number of nitrogens with one attached hydrogen (secondary N) is 1. The van der Waals surface area contributed by atoms with Crippen molar-refractivity contribution < 1.29 is 19.2 Å². The van der Waals surface area contributed by atoms with Crippen LogP contribution in [0.4, 0.5) is 0 Å². The van der Waals surface area contributed by atoms with Crippen molar-refractivity contribution in [3.8, 4) is 0 Å². The highest BCUT2D eigenvalue weighted by molar-refractivity contribution is 6.05. The summed E-state index contributed by atoms with van der Waals surface area (Å²) in [6, 6.07) is 8.84. The molecule has 2 aliphatic rings. The van der Waals surface area contributed by atoms with Crippen LogP contribution in [-0.4, -0.2) is 52.6 Å². The zero-order valence-corrected chi connectivity index (χ0v) is 19.0. The van der Waals surface area contributed by atoms with Crippen molar-refractivity contribution in [2.24, 2.45) is 11.8 Å². The Hall–Kier alpha value is -2.96. The van der Waals surface area contributed by atoms with E-state index in [0.29, 0.717) is 25.9 Å². The van der Waals surface area contributed by atoms with E-state index in [-0.39, 0.29) is 48.4 Å². The number of allylic oxidation sites excluding steroid dienone is 2. The zero-order valence-electron chi connectivity index (χ0n) is 19.0. The summed E-state index contributed by atoms with van der Waals surface area (Å²) in [5.41, 5.74) is 0.916. The number of imide groups is 1. The largest absolute Gasteiger partial charge is 0.354 e. The fourth-order valence-corrected chi connectivity index (χ4v) is 4.34. The van der Waals surface area contributed by atoms with Crippen LogP contribution in [0.2, 0.25) is 0 Å². The average molecular weight is 440 g/mol. The van der Waals surface area contributed by atoms with Gasteiger partial charge in [0.15, 0.2) is 0 Å². The molecule has 1 heterocycles. The first kappa shape index (κ1) is 23.7. The molecule has 0 radical (unpaired) electrons. The SMILES string of the molecule is CCCCNC(=O)[C@H](C)N(Cc1ccccc1)C(=O)CCN1C(=O)[C@H]2CC=CC[C@H]2C1=O. The molecule has 7 heteroatoms. The summed E-state index contributed by atoms with van der Waals surface area (Å²) in [7, 11) is 0. The molecule has 1 N–H and O–H groups in total. The molecule has 172 valence electrons. The van der Waals surface area contributed by atoms with Gasteiger partial charge in [0.25, 0.3) is 0 Å². The maximum absolute atomic E-state index is 13.2. The third-order valence-corrected chi connectivity index (χ3v) is 6.34. The van der Waals surface area contributed by atoms with Gasteiger partial charge in [0.2, 0.25) is 23.6 Å². The first-order valence-electron chi connectivity index (χ1n) is 11.5. The van der Waals surface area contributed by atoms with Crippen molar-refractivity contribution >= 4 is 23.6 Å². The number of carbonyl (C=O) groups excluding carboxylic acids is 4. The fourth-order valence-electron chi connectivity index (χ4n) is 4.34. The Labute approximate surface area is 189 Å². The van der Waals surface area contributed by atoms with Crippen LogP contribution in [0.15, 0.2) is 42.5 Å². The Balaban J connectivity index is 1.67. The smallest absolute Gasteiger partial charge is 0.242 e. The number of hydrogen-bond donors (Lipinski definition) is 1. The summed E-state index contributed by atoms with van der Waals surface area (Å²) in [6.07, 6.45) is 6.90. The van der Waals surface area contributed by atoms with Crippen LogP contribution in [0.25, 0.3) is 0 Å². The predicted octanol–water partition coefficient (Wildman–Crippen LogP) is 2.66. The number of likely N-dealkylation sites (tertiary alicyclic amines) is 1. The summed E-state index contributed by atoms with van der Waals surface area (Å²) in [6.45, 7) is 4.68. The number of benzene rings is 1. The van der Waals surface area contributed by atoms with Gasteiger partial charge in [-0.15, -0.1) is 0 Å².